The predicted molar refractivity (Wildman–Crippen MR) is 76.3 cm³/mol. The zero-order valence-corrected chi connectivity index (χ0v) is 11.7. The third-order valence-electron chi connectivity index (χ3n) is 2.76. The number of nitrogens with two attached hydrogens (primary N) is 1. The van der Waals surface area contributed by atoms with Gasteiger partial charge in [-0.05, 0) is 48.4 Å². The van der Waals surface area contributed by atoms with E-state index in [9.17, 15) is 12.8 Å². The first-order valence-electron chi connectivity index (χ1n) is 6.00. The average Bonchev–Trinajstić information content (AvgIpc) is 2.37. The average molecular weight is 294 g/mol. The Hall–Kier alpha value is -1.92. The van der Waals surface area contributed by atoms with E-state index in [0.717, 1.165) is 11.6 Å². The lowest BCUT2D eigenvalue weighted by Gasteiger charge is -2.09. The van der Waals surface area contributed by atoms with Gasteiger partial charge in [0.2, 0.25) is 0 Å². The number of hydrogen-bond donors (Lipinski definition) is 2. The van der Waals surface area contributed by atoms with Gasteiger partial charge < -0.3 is 5.73 Å². The minimum absolute atomic E-state index is 0.108. The van der Waals surface area contributed by atoms with Gasteiger partial charge in [0.05, 0.1) is 10.6 Å². The van der Waals surface area contributed by atoms with E-state index in [-0.39, 0.29) is 10.6 Å². The van der Waals surface area contributed by atoms with Crippen molar-refractivity contribution in [1.29, 1.82) is 0 Å². The molecule has 0 fully saturated rings. The summed E-state index contributed by atoms with van der Waals surface area (Å²) in [5.41, 5.74) is 7.14. The lowest BCUT2D eigenvalue weighted by molar-refractivity contribution is 0.601. The van der Waals surface area contributed by atoms with Gasteiger partial charge in [-0.15, -0.1) is 0 Å². The summed E-state index contributed by atoms with van der Waals surface area (Å²) in [7, 11) is -3.73. The van der Waals surface area contributed by atoms with E-state index >= 15 is 0 Å². The summed E-state index contributed by atoms with van der Waals surface area (Å²) < 4.78 is 39.9. The topological polar surface area (TPSA) is 72.2 Å². The highest BCUT2D eigenvalue weighted by atomic mass is 32.2. The summed E-state index contributed by atoms with van der Waals surface area (Å²) in [6, 6.07) is 10.3. The number of sulfonamides is 1. The van der Waals surface area contributed by atoms with Crippen LogP contribution in [-0.4, -0.2) is 8.42 Å². The van der Waals surface area contributed by atoms with E-state index in [2.05, 4.69) is 4.72 Å². The van der Waals surface area contributed by atoms with Crippen molar-refractivity contribution in [2.75, 3.05) is 4.72 Å². The van der Waals surface area contributed by atoms with E-state index in [4.69, 9.17) is 5.73 Å². The number of halogens is 1. The van der Waals surface area contributed by atoms with Crippen molar-refractivity contribution in [2.45, 2.75) is 18.4 Å². The van der Waals surface area contributed by atoms with E-state index in [1.54, 1.807) is 25.1 Å². The second-order valence-electron chi connectivity index (χ2n) is 4.47. The summed E-state index contributed by atoms with van der Waals surface area (Å²) in [5, 5.41) is 0. The van der Waals surface area contributed by atoms with Gasteiger partial charge in [-0.2, -0.15) is 0 Å². The highest BCUT2D eigenvalue weighted by Gasteiger charge is 2.14. The largest absolute Gasteiger partial charge is 0.326 e. The van der Waals surface area contributed by atoms with Gasteiger partial charge in [-0.3, -0.25) is 4.72 Å². The van der Waals surface area contributed by atoms with Crippen LogP contribution in [0, 0.1) is 12.7 Å². The van der Waals surface area contributed by atoms with Crippen molar-refractivity contribution in [2.24, 2.45) is 5.73 Å². The third kappa shape index (κ3) is 3.34. The summed E-state index contributed by atoms with van der Waals surface area (Å²) in [6.07, 6.45) is 0. The second kappa shape index (κ2) is 5.60. The third-order valence-corrected chi connectivity index (χ3v) is 4.16. The van der Waals surface area contributed by atoms with Crippen molar-refractivity contribution >= 4 is 15.7 Å². The van der Waals surface area contributed by atoms with E-state index < -0.39 is 15.8 Å². The normalized spacial score (nSPS) is 11.3. The molecule has 0 amide bonds. The first-order valence-corrected chi connectivity index (χ1v) is 7.48. The molecule has 0 saturated carbocycles. The van der Waals surface area contributed by atoms with Gasteiger partial charge >= 0.3 is 0 Å². The Morgan fingerprint density at radius 3 is 2.35 bits per heavy atom. The van der Waals surface area contributed by atoms with Gasteiger partial charge in [0.15, 0.2) is 0 Å². The van der Waals surface area contributed by atoms with Gasteiger partial charge in [0.25, 0.3) is 10.0 Å². The maximum absolute atomic E-state index is 13.3. The monoisotopic (exact) mass is 294 g/mol. The van der Waals surface area contributed by atoms with Crippen LogP contribution in [0.1, 0.15) is 11.1 Å². The molecule has 2 aromatic carbocycles. The van der Waals surface area contributed by atoms with E-state index in [0.29, 0.717) is 12.1 Å². The Labute approximate surface area is 117 Å². The fourth-order valence-corrected chi connectivity index (χ4v) is 2.85. The minimum Gasteiger partial charge on any atom is -0.326 e. The molecule has 0 atom stereocenters. The maximum Gasteiger partial charge on any atom is 0.261 e. The Balaban J connectivity index is 2.30. The molecule has 2 rings (SSSR count). The first-order chi connectivity index (χ1) is 9.40. The molecule has 0 unspecified atom stereocenters. The SMILES string of the molecule is Cc1cc(F)cc(NS(=O)(=O)c2ccc(CN)cc2)c1. The quantitative estimate of drug-likeness (QED) is 0.909. The molecule has 4 nitrogen and oxygen atoms in total. The first kappa shape index (κ1) is 14.5. The summed E-state index contributed by atoms with van der Waals surface area (Å²) in [4.78, 5) is 0.108. The number of hydrogen-bond acceptors (Lipinski definition) is 3. The Kier molecular flexibility index (Phi) is 4.06. The standard InChI is InChI=1S/C14H15FN2O2S/c1-10-6-12(15)8-13(7-10)17-20(18,19)14-4-2-11(9-16)3-5-14/h2-8,17H,9,16H2,1H3. The molecule has 0 aliphatic heterocycles. The van der Waals surface area contributed by atoms with Crippen LogP contribution in [0.15, 0.2) is 47.4 Å². The number of aryl methyl sites for hydroxylation is 1. The molecule has 3 N–H and O–H groups in total. The molecule has 6 heteroatoms. The molecule has 0 spiro atoms. The second-order valence-corrected chi connectivity index (χ2v) is 6.15. The summed E-state index contributed by atoms with van der Waals surface area (Å²) in [5.74, 6) is -0.485. The minimum atomic E-state index is -3.73. The van der Waals surface area contributed by atoms with Gasteiger partial charge in [0.1, 0.15) is 5.82 Å². The number of nitrogens with one attached hydrogen (secondary N) is 1. The van der Waals surface area contributed by atoms with Crippen LogP contribution < -0.4 is 10.5 Å². The molecule has 0 aliphatic rings. The van der Waals surface area contributed by atoms with Crippen molar-refractivity contribution in [1.82, 2.24) is 0 Å². The molecule has 0 aromatic heterocycles. The summed E-state index contributed by atoms with van der Waals surface area (Å²) >= 11 is 0. The maximum atomic E-state index is 13.3. The van der Waals surface area contributed by atoms with Crippen molar-refractivity contribution in [3.05, 3.63) is 59.4 Å². The molecule has 0 aliphatic carbocycles. The van der Waals surface area contributed by atoms with Crippen LogP contribution in [0.3, 0.4) is 0 Å². The summed E-state index contributed by atoms with van der Waals surface area (Å²) in [6.45, 7) is 2.04. The Bertz CT molecular complexity index is 692. The van der Waals surface area contributed by atoms with Crippen LogP contribution in [0.25, 0.3) is 0 Å². The molecule has 2 aromatic rings. The van der Waals surface area contributed by atoms with Gasteiger partial charge in [-0.25, -0.2) is 12.8 Å². The lowest BCUT2D eigenvalue weighted by Crippen LogP contribution is -2.13. The lowest BCUT2D eigenvalue weighted by atomic mass is 10.2. The number of anilines is 1. The molecule has 0 radical (unpaired) electrons. The number of benzene rings is 2. The molecular weight excluding hydrogens is 279 g/mol. The molecule has 20 heavy (non-hydrogen) atoms. The Morgan fingerprint density at radius 2 is 1.80 bits per heavy atom. The zero-order chi connectivity index (χ0) is 14.8. The fourth-order valence-electron chi connectivity index (χ4n) is 1.81. The van der Waals surface area contributed by atoms with Crippen LogP contribution in [0.2, 0.25) is 0 Å². The van der Waals surface area contributed by atoms with Crippen molar-refractivity contribution in [3.63, 3.8) is 0 Å². The number of rotatable bonds is 4. The predicted octanol–water partition coefficient (Wildman–Crippen LogP) is 2.39. The molecular formula is C14H15FN2O2S. The van der Waals surface area contributed by atoms with Crippen molar-refractivity contribution in [3.8, 4) is 0 Å². The van der Waals surface area contributed by atoms with Gasteiger partial charge in [0, 0.05) is 6.54 Å². The Morgan fingerprint density at radius 1 is 1.15 bits per heavy atom. The van der Waals surface area contributed by atoms with Crippen molar-refractivity contribution < 1.29 is 12.8 Å². The highest BCUT2D eigenvalue weighted by molar-refractivity contribution is 7.92. The van der Waals surface area contributed by atoms with Crippen LogP contribution in [0.4, 0.5) is 10.1 Å². The van der Waals surface area contributed by atoms with Crippen LogP contribution >= 0.6 is 0 Å². The molecule has 0 bridgehead atoms. The van der Waals surface area contributed by atoms with Gasteiger partial charge in [-0.1, -0.05) is 12.1 Å². The molecule has 106 valence electrons. The molecule has 0 saturated heterocycles. The highest BCUT2D eigenvalue weighted by Crippen LogP contribution is 2.19. The van der Waals surface area contributed by atoms with Crippen LogP contribution in [0.5, 0.6) is 0 Å². The fraction of sp³-hybridized carbons (Fsp3) is 0.143. The smallest absolute Gasteiger partial charge is 0.261 e. The van der Waals surface area contributed by atoms with E-state index in [1.807, 2.05) is 0 Å². The zero-order valence-electron chi connectivity index (χ0n) is 10.9. The molecule has 0 heterocycles. The van der Waals surface area contributed by atoms with E-state index in [1.165, 1.54) is 18.2 Å². The van der Waals surface area contributed by atoms with Crippen LogP contribution in [-0.2, 0) is 16.6 Å².